The van der Waals surface area contributed by atoms with Crippen molar-refractivity contribution in [2.24, 2.45) is 7.05 Å². The Kier molecular flexibility index (Phi) is 4.70. The molecule has 150 valence electrons. The molecule has 29 heavy (non-hydrogen) atoms. The Labute approximate surface area is 167 Å². The van der Waals surface area contributed by atoms with Crippen molar-refractivity contribution in [1.29, 1.82) is 0 Å². The maximum absolute atomic E-state index is 14.8. The van der Waals surface area contributed by atoms with Gasteiger partial charge in [0.25, 0.3) is 5.91 Å². The van der Waals surface area contributed by atoms with Crippen LogP contribution in [0.5, 0.6) is 0 Å². The lowest BCUT2D eigenvalue weighted by Crippen LogP contribution is -2.55. The summed E-state index contributed by atoms with van der Waals surface area (Å²) in [7, 11) is 1.91. The van der Waals surface area contributed by atoms with E-state index >= 15 is 0 Å². The summed E-state index contributed by atoms with van der Waals surface area (Å²) in [4.78, 5) is 31.1. The van der Waals surface area contributed by atoms with Gasteiger partial charge in [0.15, 0.2) is 0 Å². The number of fused-ring (bicyclic) bond motifs is 1. The summed E-state index contributed by atoms with van der Waals surface area (Å²) < 4.78 is 16.7. The molecule has 0 bridgehead atoms. The van der Waals surface area contributed by atoms with E-state index in [4.69, 9.17) is 5.11 Å². The van der Waals surface area contributed by atoms with Crippen molar-refractivity contribution in [3.63, 3.8) is 0 Å². The highest BCUT2D eigenvalue weighted by Gasteiger charge is 2.30. The van der Waals surface area contributed by atoms with Crippen LogP contribution >= 0.6 is 0 Å². The van der Waals surface area contributed by atoms with Gasteiger partial charge < -0.3 is 19.5 Å². The van der Waals surface area contributed by atoms with Crippen molar-refractivity contribution in [2.75, 3.05) is 19.6 Å². The van der Waals surface area contributed by atoms with Crippen LogP contribution in [0.3, 0.4) is 0 Å². The lowest BCUT2D eigenvalue weighted by Gasteiger charge is -2.38. The number of rotatable bonds is 2. The number of nitrogens with zero attached hydrogens (tertiary/aromatic N) is 4. The highest BCUT2D eigenvalue weighted by atomic mass is 19.1. The zero-order valence-corrected chi connectivity index (χ0v) is 16.2. The Balaban J connectivity index is 1.56. The van der Waals surface area contributed by atoms with Gasteiger partial charge in [-0.1, -0.05) is 12.1 Å². The first-order valence-electron chi connectivity index (χ1n) is 9.35. The lowest BCUT2D eigenvalue weighted by atomic mass is 10.0. The fourth-order valence-corrected chi connectivity index (χ4v) is 3.78. The average Bonchev–Trinajstić information content (AvgIpc) is 3.07. The van der Waals surface area contributed by atoms with Crippen LogP contribution in [-0.2, 0) is 7.05 Å². The van der Waals surface area contributed by atoms with Gasteiger partial charge in [-0.05, 0) is 42.3 Å². The van der Waals surface area contributed by atoms with Crippen molar-refractivity contribution < 1.29 is 19.1 Å². The third-order valence-corrected chi connectivity index (χ3v) is 5.42. The monoisotopic (exact) mass is 396 g/mol. The Bertz CT molecular complexity index is 1110. The van der Waals surface area contributed by atoms with E-state index in [9.17, 15) is 14.0 Å². The van der Waals surface area contributed by atoms with E-state index in [2.05, 4.69) is 4.98 Å². The summed E-state index contributed by atoms with van der Waals surface area (Å²) in [5.41, 5.74) is 3.27. The molecule has 1 fully saturated rings. The number of aryl methyl sites for hydroxylation is 1. The molecule has 1 atom stereocenters. The first-order valence-corrected chi connectivity index (χ1v) is 9.35. The maximum Gasteiger partial charge on any atom is 0.407 e. The molecule has 1 aromatic heterocycles. The predicted octanol–water partition coefficient (Wildman–Crippen LogP) is 3.20. The molecule has 0 spiro atoms. The molecule has 1 saturated heterocycles. The van der Waals surface area contributed by atoms with Crippen molar-refractivity contribution in [2.45, 2.75) is 13.0 Å². The van der Waals surface area contributed by atoms with Crippen LogP contribution < -0.4 is 0 Å². The molecule has 2 heterocycles. The molecule has 0 aliphatic carbocycles. The molecule has 1 aliphatic heterocycles. The zero-order valence-electron chi connectivity index (χ0n) is 16.2. The van der Waals surface area contributed by atoms with E-state index in [1.165, 1.54) is 21.9 Å². The topological polar surface area (TPSA) is 78.7 Å². The largest absolute Gasteiger partial charge is 0.465 e. The van der Waals surface area contributed by atoms with Gasteiger partial charge >= 0.3 is 6.09 Å². The third-order valence-electron chi connectivity index (χ3n) is 5.42. The number of piperazine rings is 1. The van der Waals surface area contributed by atoms with Gasteiger partial charge in [0.1, 0.15) is 5.82 Å². The quantitative estimate of drug-likeness (QED) is 0.722. The summed E-state index contributed by atoms with van der Waals surface area (Å²) >= 11 is 0. The van der Waals surface area contributed by atoms with Crippen LogP contribution in [0.2, 0.25) is 0 Å². The second-order valence-corrected chi connectivity index (χ2v) is 7.33. The molecule has 3 aromatic rings. The lowest BCUT2D eigenvalue weighted by molar-refractivity contribution is 0.0503. The van der Waals surface area contributed by atoms with Gasteiger partial charge in [-0.2, -0.15) is 0 Å². The van der Waals surface area contributed by atoms with Crippen LogP contribution in [0.25, 0.3) is 22.2 Å². The number of benzene rings is 2. The van der Waals surface area contributed by atoms with Gasteiger partial charge in [-0.25, -0.2) is 14.2 Å². The molecule has 8 heteroatoms. The van der Waals surface area contributed by atoms with E-state index in [0.29, 0.717) is 5.56 Å². The molecule has 1 aliphatic rings. The molecule has 0 saturated carbocycles. The summed E-state index contributed by atoms with van der Waals surface area (Å²) in [6, 6.07) is 9.94. The Morgan fingerprint density at radius 3 is 2.55 bits per heavy atom. The summed E-state index contributed by atoms with van der Waals surface area (Å²) in [5, 5.41) is 9.16. The Hall–Kier alpha value is -3.42. The van der Waals surface area contributed by atoms with Crippen LogP contribution in [0, 0.1) is 5.82 Å². The van der Waals surface area contributed by atoms with Crippen molar-refractivity contribution in [1.82, 2.24) is 19.4 Å². The van der Waals surface area contributed by atoms with Crippen LogP contribution in [-0.4, -0.2) is 62.1 Å². The molecule has 0 unspecified atom stereocenters. The average molecular weight is 396 g/mol. The number of imidazole rings is 1. The minimum atomic E-state index is -1.01. The molecule has 7 nitrogen and oxygen atoms in total. The minimum Gasteiger partial charge on any atom is -0.465 e. The third kappa shape index (κ3) is 3.41. The highest BCUT2D eigenvalue weighted by molar-refractivity contribution is 5.95. The van der Waals surface area contributed by atoms with Gasteiger partial charge in [0.2, 0.25) is 0 Å². The van der Waals surface area contributed by atoms with Gasteiger partial charge in [0, 0.05) is 32.7 Å². The van der Waals surface area contributed by atoms with Gasteiger partial charge in [0.05, 0.1) is 22.9 Å². The van der Waals surface area contributed by atoms with E-state index in [0.717, 1.165) is 16.6 Å². The number of hydrogen-bond donors (Lipinski definition) is 1. The van der Waals surface area contributed by atoms with Gasteiger partial charge in [-0.3, -0.25) is 4.79 Å². The predicted molar refractivity (Wildman–Crippen MR) is 106 cm³/mol. The Morgan fingerprint density at radius 1 is 1.14 bits per heavy atom. The molecular weight excluding hydrogens is 375 g/mol. The van der Waals surface area contributed by atoms with Crippen molar-refractivity contribution in [3.8, 4) is 11.1 Å². The van der Waals surface area contributed by atoms with Crippen LogP contribution in [0.4, 0.5) is 9.18 Å². The van der Waals surface area contributed by atoms with Crippen LogP contribution in [0.1, 0.15) is 17.3 Å². The fraction of sp³-hybridized carbons (Fsp3) is 0.286. The first-order chi connectivity index (χ1) is 13.8. The molecule has 4 rings (SSSR count). The summed E-state index contributed by atoms with van der Waals surface area (Å²) in [6.45, 7) is 2.43. The molecule has 1 N–H and O–H groups in total. The number of carbonyl (C=O) groups is 2. The maximum atomic E-state index is 14.8. The number of halogens is 1. The first kappa shape index (κ1) is 18.9. The fourth-order valence-electron chi connectivity index (χ4n) is 3.78. The smallest absolute Gasteiger partial charge is 0.407 e. The standard InChI is InChI=1S/C21H21FN4O3/c1-13-11-25(7-8-26(13)21(28)29)20(27)16-5-3-14(9-17(16)22)15-4-6-19-18(10-15)23-12-24(19)2/h3-6,9-10,12-13H,7-8,11H2,1-2H3,(H,28,29)/t13-/m0/s1. The Morgan fingerprint density at radius 2 is 1.86 bits per heavy atom. The van der Waals surface area contributed by atoms with E-state index < -0.39 is 17.8 Å². The highest BCUT2D eigenvalue weighted by Crippen LogP contribution is 2.26. The second-order valence-electron chi connectivity index (χ2n) is 7.33. The molecular formula is C21H21FN4O3. The summed E-state index contributed by atoms with van der Waals surface area (Å²) in [5.74, 6) is -1.02. The SMILES string of the molecule is C[C@H]1CN(C(=O)c2ccc(-c3ccc4c(c3)ncn4C)cc2F)CCN1C(=O)O. The normalized spacial score (nSPS) is 17.0. The number of hydrogen-bond acceptors (Lipinski definition) is 3. The van der Waals surface area contributed by atoms with Crippen molar-refractivity contribution >= 4 is 23.0 Å². The van der Waals surface area contributed by atoms with E-state index in [1.54, 1.807) is 19.3 Å². The van der Waals surface area contributed by atoms with E-state index in [1.807, 2.05) is 29.8 Å². The number of carboxylic acid groups (broad SMARTS) is 1. The number of aromatic nitrogens is 2. The minimum absolute atomic E-state index is 0.0105. The number of amides is 2. The zero-order chi connectivity index (χ0) is 20.7. The molecule has 0 radical (unpaired) electrons. The molecule has 2 amide bonds. The molecule has 2 aromatic carbocycles. The number of carbonyl (C=O) groups excluding carboxylic acids is 1. The van der Waals surface area contributed by atoms with Crippen molar-refractivity contribution in [3.05, 3.63) is 54.1 Å². The van der Waals surface area contributed by atoms with E-state index in [-0.39, 0.29) is 31.2 Å². The summed E-state index contributed by atoms with van der Waals surface area (Å²) in [6.07, 6.45) is 0.715. The van der Waals surface area contributed by atoms with Gasteiger partial charge in [-0.15, -0.1) is 0 Å². The van der Waals surface area contributed by atoms with Crippen LogP contribution in [0.15, 0.2) is 42.7 Å². The second kappa shape index (κ2) is 7.20.